The highest BCUT2D eigenvalue weighted by Crippen LogP contribution is 2.26. The zero-order chi connectivity index (χ0) is 14.4. The quantitative estimate of drug-likeness (QED) is 0.847. The van der Waals surface area contributed by atoms with Crippen LogP contribution in [0.3, 0.4) is 0 Å². The van der Waals surface area contributed by atoms with Gasteiger partial charge in [0.1, 0.15) is 17.6 Å². The lowest BCUT2D eigenvalue weighted by molar-refractivity contribution is -0.00191. The average Bonchev–Trinajstić information content (AvgIpc) is 2.53. The van der Waals surface area contributed by atoms with E-state index >= 15 is 0 Å². The van der Waals surface area contributed by atoms with Crippen LogP contribution in [0.1, 0.15) is 11.7 Å². The highest BCUT2D eigenvalue weighted by atomic mass is 16.5. The van der Waals surface area contributed by atoms with E-state index in [9.17, 15) is 10.2 Å². The maximum atomic E-state index is 9.93. The van der Waals surface area contributed by atoms with E-state index in [0.29, 0.717) is 5.75 Å². The summed E-state index contributed by atoms with van der Waals surface area (Å²) < 4.78 is 10.9. The van der Waals surface area contributed by atoms with Crippen LogP contribution < -0.4 is 9.47 Å². The molecule has 2 rings (SSSR count). The second-order valence-corrected chi connectivity index (χ2v) is 4.37. The van der Waals surface area contributed by atoms with Crippen LogP contribution in [0.25, 0.3) is 0 Å². The number of ether oxygens (including phenoxy) is 2. The van der Waals surface area contributed by atoms with Crippen molar-refractivity contribution in [1.82, 2.24) is 0 Å². The van der Waals surface area contributed by atoms with E-state index in [4.69, 9.17) is 9.47 Å². The zero-order valence-electron chi connectivity index (χ0n) is 11.3. The van der Waals surface area contributed by atoms with Crippen molar-refractivity contribution in [3.63, 3.8) is 0 Å². The van der Waals surface area contributed by atoms with E-state index in [-0.39, 0.29) is 6.61 Å². The topological polar surface area (TPSA) is 58.9 Å². The van der Waals surface area contributed by atoms with Gasteiger partial charge in [0.15, 0.2) is 6.10 Å². The third kappa shape index (κ3) is 3.50. The number of hydrogen-bond donors (Lipinski definition) is 2. The third-order valence-corrected chi connectivity index (χ3v) is 2.99. The fourth-order valence-electron chi connectivity index (χ4n) is 1.91. The second kappa shape index (κ2) is 6.93. The van der Waals surface area contributed by atoms with Gasteiger partial charge in [-0.25, -0.2) is 0 Å². The molecular weight excluding hydrogens is 256 g/mol. The summed E-state index contributed by atoms with van der Waals surface area (Å²) in [5.41, 5.74) is 0.810. The van der Waals surface area contributed by atoms with E-state index in [1.54, 1.807) is 31.4 Å². The van der Waals surface area contributed by atoms with Gasteiger partial charge < -0.3 is 19.7 Å². The van der Waals surface area contributed by atoms with Crippen LogP contribution in [-0.2, 0) is 0 Å². The normalized spacial score (nSPS) is 13.6. The number of benzene rings is 2. The van der Waals surface area contributed by atoms with Crippen LogP contribution >= 0.6 is 0 Å². The number of aliphatic hydroxyl groups excluding tert-OH is 2. The molecule has 0 heterocycles. The smallest absolute Gasteiger partial charge is 0.152 e. The van der Waals surface area contributed by atoms with Gasteiger partial charge in [-0.3, -0.25) is 0 Å². The largest absolute Gasteiger partial charge is 0.497 e. The van der Waals surface area contributed by atoms with E-state index in [2.05, 4.69) is 0 Å². The third-order valence-electron chi connectivity index (χ3n) is 2.99. The van der Waals surface area contributed by atoms with Crippen LogP contribution in [0.4, 0.5) is 0 Å². The summed E-state index contributed by atoms with van der Waals surface area (Å²) in [5, 5.41) is 19.1. The molecular formula is C16H18O4. The fraction of sp³-hybridized carbons (Fsp3) is 0.250. The summed E-state index contributed by atoms with van der Waals surface area (Å²) in [6.45, 7) is -0.365. The van der Waals surface area contributed by atoms with Gasteiger partial charge in [-0.1, -0.05) is 30.3 Å². The summed E-state index contributed by atoms with van der Waals surface area (Å²) in [4.78, 5) is 0. The molecule has 0 saturated carbocycles. The maximum Gasteiger partial charge on any atom is 0.152 e. The molecule has 0 aromatic heterocycles. The van der Waals surface area contributed by atoms with Gasteiger partial charge in [-0.2, -0.15) is 0 Å². The Balaban J connectivity index is 2.19. The predicted octanol–water partition coefficient (Wildman–Crippen LogP) is 2.17. The molecule has 4 heteroatoms. The van der Waals surface area contributed by atoms with Crippen molar-refractivity contribution in [3.05, 3.63) is 60.2 Å². The van der Waals surface area contributed by atoms with E-state index in [1.165, 1.54) is 0 Å². The first-order valence-corrected chi connectivity index (χ1v) is 6.39. The first-order valence-electron chi connectivity index (χ1n) is 6.39. The highest BCUT2D eigenvalue weighted by molar-refractivity contribution is 5.32. The molecule has 0 aliphatic heterocycles. The van der Waals surface area contributed by atoms with Crippen molar-refractivity contribution in [3.8, 4) is 11.5 Å². The Morgan fingerprint density at radius 2 is 1.55 bits per heavy atom. The second-order valence-electron chi connectivity index (χ2n) is 4.37. The summed E-state index contributed by atoms with van der Waals surface area (Å²) in [5.74, 6) is 1.34. The van der Waals surface area contributed by atoms with Crippen molar-refractivity contribution >= 4 is 0 Å². The molecule has 0 fully saturated rings. The van der Waals surface area contributed by atoms with Gasteiger partial charge in [0.05, 0.1) is 13.7 Å². The average molecular weight is 274 g/mol. The molecule has 2 N–H and O–H groups in total. The molecule has 0 bridgehead atoms. The van der Waals surface area contributed by atoms with E-state index in [0.717, 1.165) is 11.3 Å². The van der Waals surface area contributed by atoms with Gasteiger partial charge in [0.25, 0.3) is 0 Å². The summed E-state index contributed by atoms with van der Waals surface area (Å²) in [6, 6.07) is 16.4. The standard InChI is InChI=1S/C16H18O4/c1-19-13-7-9-14(10-8-13)20-16(15(18)11-17)12-5-3-2-4-6-12/h2-10,15-18H,11H2,1H3/t15-,16+/m0/s1. The van der Waals surface area contributed by atoms with Gasteiger partial charge >= 0.3 is 0 Å². The van der Waals surface area contributed by atoms with Crippen LogP contribution in [0.5, 0.6) is 11.5 Å². The first kappa shape index (κ1) is 14.4. The molecule has 0 aliphatic carbocycles. The predicted molar refractivity (Wildman–Crippen MR) is 75.9 cm³/mol. The van der Waals surface area contributed by atoms with Crippen LogP contribution in [-0.4, -0.2) is 30.0 Å². The van der Waals surface area contributed by atoms with Crippen LogP contribution in [0.15, 0.2) is 54.6 Å². The van der Waals surface area contributed by atoms with Crippen molar-refractivity contribution < 1.29 is 19.7 Å². The van der Waals surface area contributed by atoms with E-state index in [1.807, 2.05) is 30.3 Å². The molecule has 0 radical (unpaired) electrons. The summed E-state index contributed by atoms with van der Waals surface area (Å²) in [7, 11) is 1.60. The molecule has 0 saturated heterocycles. The van der Waals surface area contributed by atoms with E-state index < -0.39 is 12.2 Å². The van der Waals surface area contributed by atoms with Crippen molar-refractivity contribution in [1.29, 1.82) is 0 Å². The number of methoxy groups -OCH3 is 1. The van der Waals surface area contributed by atoms with Gasteiger partial charge in [0.2, 0.25) is 0 Å². The Hall–Kier alpha value is -2.04. The lowest BCUT2D eigenvalue weighted by Gasteiger charge is -2.23. The van der Waals surface area contributed by atoms with Gasteiger partial charge in [-0.15, -0.1) is 0 Å². The summed E-state index contributed by atoms with van der Waals surface area (Å²) >= 11 is 0. The Bertz CT molecular complexity index is 510. The summed E-state index contributed by atoms with van der Waals surface area (Å²) in [6.07, 6.45) is -1.60. The highest BCUT2D eigenvalue weighted by Gasteiger charge is 2.22. The lowest BCUT2D eigenvalue weighted by atomic mass is 10.0. The minimum atomic E-state index is -0.987. The Morgan fingerprint density at radius 1 is 0.950 bits per heavy atom. The molecule has 2 aromatic carbocycles. The molecule has 0 spiro atoms. The first-order chi connectivity index (χ1) is 9.74. The molecule has 106 valence electrons. The van der Waals surface area contributed by atoms with Crippen molar-refractivity contribution in [2.24, 2.45) is 0 Å². The zero-order valence-corrected chi connectivity index (χ0v) is 11.3. The molecule has 2 aromatic rings. The van der Waals surface area contributed by atoms with Gasteiger partial charge in [-0.05, 0) is 29.8 Å². The maximum absolute atomic E-state index is 9.93. The van der Waals surface area contributed by atoms with Crippen molar-refractivity contribution in [2.45, 2.75) is 12.2 Å². The number of hydrogen-bond acceptors (Lipinski definition) is 4. The lowest BCUT2D eigenvalue weighted by Crippen LogP contribution is -2.27. The van der Waals surface area contributed by atoms with Crippen LogP contribution in [0.2, 0.25) is 0 Å². The monoisotopic (exact) mass is 274 g/mol. The van der Waals surface area contributed by atoms with Crippen molar-refractivity contribution in [2.75, 3.05) is 13.7 Å². The molecule has 2 atom stereocenters. The Morgan fingerprint density at radius 3 is 2.10 bits per heavy atom. The Labute approximate surface area is 118 Å². The SMILES string of the molecule is COc1ccc(O[C@H](c2ccccc2)[C@@H](O)CO)cc1. The minimum absolute atomic E-state index is 0.365. The van der Waals surface area contributed by atoms with Crippen LogP contribution in [0, 0.1) is 0 Å². The molecule has 0 unspecified atom stereocenters. The number of aliphatic hydroxyl groups is 2. The molecule has 0 aliphatic rings. The fourth-order valence-corrected chi connectivity index (χ4v) is 1.91. The molecule has 4 nitrogen and oxygen atoms in total. The number of rotatable bonds is 6. The van der Waals surface area contributed by atoms with Gasteiger partial charge in [0, 0.05) is 0 Å². The minimum Gasteiger partial charge on any atom is -0.497 e. The molecule has 0 amide bonds. The molecule has 20 heavy (non-hydrogen) atoms. The Kier molecular flexibility index (Phi) is 4.98.